The fourth-order valence-corrected chi connectivity index (χ4v) is 5.64. The summed E-state index contributed by atoms with van der Waals surface area (Å²) in [6, 6.07) is 5.99. The molecule has 0 aliphatic carbocycles. The molecule has 2 aromatic carbocycles. The quantitative estimate of drug-likeness (QED) is 0.464. The van der Waals surface area contributed by atoms with Crippen molar-refractivity contribution in [1.29, 1.82) is 0 Å². The molecule has 3 aliphatic heterocycles. The largest absolute Gasteiger partial charge is 0.492 e. The summed E-state index contributed by atoms with van der Waals surface area (Å²) < 4.78 is 52.5. The molecule has 1 saturated heterocycles. The zero-order chi connectivity index (χ0) is 27.1. The van der Waals surface area contributed by atoms with Crippen LogP contribution in [-0.2, 0) is 22.5 Å². The predicted molar refractivity (Wildman–Crippen MR) is 140 cm³/mol. The first-order valence-corrected chi connectivity index (χ1v) is 13.2. The number of alkyl halides is 2. The second-order valence-electron chi connectivity index (χ2n) is 10.1. The maximum absolute atomic E-state index is 14.7. The maximum Gasteiger partial charge on any atom is 0.266 e. The molecule has 0 spiro atoms. The number of fused-ring (bicyclic) bond motifs is 3. The van der Waals surface area contributed by atoms with Crippen molar-refractivity contribution in [3.05, 3.63) is 64.2 Å². The molecule has 7 nitrogen and oxygen atoms in total. The van der Waals surface area contributed by atoms with E-state index in [2.05, 4.69) is 16.4 Å². The summed E-state index contributed by atoms with van der Waals surface area (Å²) in [5.74, 6) is 1.01. The van der Waals surface area contributed by atoms with Crippen LogP contribution in [0, 0.1) is 18.7 Å². The van der Waals surface area contributed by atoms with E-state index in [0.717, 1.165) is 45.8 Å². The summed E-state index contributed by atoms with van der Waals surface area (Å²) in [4.78, 5) is 24.0. The molecule has 1 aromatic heterocycles. The molecule has 1 amide bonds. The number of halogens is 3. The predicted octanol–water partition coefficient (Wildman–Crippen LogP) is 5.21. The topological polar surface area (TPSA) is 76.6 Å². The van der Waals surface area contributed by atoms with Gasteiger partial charge in [0, 0.05) is 54.7 Å². The van der Waals surface area contributed by atoms with E-state index in [1.807, 2.05) is 11.0 Å². The summed E-state index contributed by atoms with van der Waals surface area (Å²) in [5.41, 5.74) is 3.29. The molecule has 3 aliphatic rings. The van der Waals surface area contributed by atoms with Gasteiger partial charge in [-0.3, -0.25) is 4.79 Å². The zero-order valence-electron chi connectivity index (χ0n) is 21.6. The monoisotopic (exact) mass is 538 g/mol. The van der Waals surface area contributed by atoms with Gasteiger partial charge < -0.3 is 19.7 Å². The number of rotatable bonds is 6. The number of anilines is 1. The van der Waals surface area contributed by atoms with Crippen LogP contribution < -0.4 is 10.1 Å². The Hall–Kier alpha value is -3.66. The van der Waals surface area contributed by atoms with Gasteiger partial charge >= 0.3 is 0 Å². The van der Waals surface area contributed by atoms with Crippen molar-refractivity contribution in [2.45, 2.75) is 39.2 Å². The maximum atomic E-state index is 14.7. The Kier molecular flexibility index (Phi) is 6.88. The molecule has 1 atom stereocenters. The van der Waals surface area contributed by atoms with Crippen LogP contribution in [-0.4, -0.2) is 53.7 Å². The first kappa shape index (κ1) is 25.6. The van der Waals surface area contributed by atoms with Crippen LogP contribution in [0.3, 0.4) is 0 Å². The third-order valence-corrected chi connectivity index (χ3v) is 7.68. The molecule has 204 valence electrons. The summed E-state index contributed by atoms with van der Waals surface area (Å²) in [6.45, 7) is 4.57. The second-order valence-corrected chi connectivity index (χ2v) is 10.1. The fraction of sp³-hybridized carbons (Fsp3) is 0.414. The van der Waals surface area contributed by atoms with Crippen LogP contribution >= 0.6 is 0 Å². The molecule has 0 saturated carbocycles. The van der Waals surface area contributed by atoms with Gasteiger partial charge in [-0.2, -0.15) is 0 Å². The third-order valence-electron chi connectivity index (χ3n) is 7.68. The highest BCUT2D eigenvalue weighted by atomic mass is 19.3. The Labute approximate surface area is 224 Å². The Balaban J connectivity index is 1.33. The summed E-state index contributed by atoms with van der Waals surface area (Å²) in [5, 5.41) is 3.92. The number of carbonyl (C=O) groups excluding carboxylic acids is 1. The number of aromatic nitrogens is 2. The number of aryl methyl sites for hydroxylation is 1. The van der Waals surface area contributed by atoms with Gasteiger partial charge in [-0.25, -0.2) is 23.1 Å². The molecule has 6 rings (SSSR count). The summed E-state index contributed by atoms with van der Waals surface area (Å²) >= 11 is 0. The van der Waals surface area contributed by atoms with Gasteiger partial charge in [0.05, 0.1) is 30.2 Å². The average molecular weight is 539 g/mol. The van der Waals surface area contributed by atoms with Crippen molar-refractivity contribution in [1.82, 2.24) is 14.9 Å². The number of amides is 1. The first-order chi connectivity index (χ1) is 18.9. The fourth-order valence-electron chi connectivity index (χ4n) is 5.64. The molecule has 4 heterocycles. The molecule has 3 aromatic rings. The zero-order valence-corrected chi connectivity index (χ0v) is 21.6. The van der Waals surface area contributed by atoms with Gasteiger partial charge in [-0.05, 0) is 31.4 Å². The lowest BCUT2D eigenvalue weighted by Gasteiger charge is -2.29. The number of hydrogen-bond donors (Lipinski definition) is 1. The Morgan fingerprint density at radius 1 is 1.23 bits per heavy atom. The Morgan fingerprint density at radius 3 is 2.85 bits per heavy atom. The Bertz CT molecular complexity index is 1470. The minimum Gasteiger partial charge on any atom is -0.492 e. The summed E-state index contributed by atoms with van der Waals surface area (Å²) in [6.07, 6.45) is 1.33. The van der Waals surface area contributed by atoms with Crippen LogP contribution in [0.4, 0.5) is 19.0 Å². The van der Waals surface area contributed by atoms with Crippen molar-refractivity contribution in [2.75, 3.05) is 38.2 Å². The number of benzene rings is 2. The van der Waals surface area contributed by atoms with E-state index in [0.29, 0.717) is 57.4 Å². The van der Waals surface area contributed by atoms with Crippen molar-refractivity contribution in [3.8, 4) is 5.75 Å². The highest BCUT2D eigenvalue weighted by molar-refractivity contribution is 5.97. The van der Waals surface area contributed by atoms with Crippen LogP contribution in [0.25, 0.3) is 16.5 Å². The third kappa shape index (κ3) is 4.82. The SMILES string of the molecule is Cc1nc(NCc2cccc(C(F)F)c2F)c2cc(C3=CCN(C(=O)C4CCOC4)CC3)c3c(c2n1)CCO3. The molecule has 0 bridgehead atoms. The van der Waals surface area contributed by atoms with E-state index in [1.54, 1.807) is 6.92 Å². The van der Waals surface area contributed by atoms with Gasteiger partial charge in [0.25, 0.3) is 6.43 Å². The number of hydrogen-bond acceptors (Lipinski definition) is 6. The van der Waals surface area contributed by atoms with Crippen LogP contribution in [0.5, 0.6) is 5.75 Å². The smallest absolute Gasteiger partial charge is 0.266 e. The lowest BCUT2D eigenvalue weighted by Crippen LogP contribution is -2.39. The first-order valence-electron chi connectivity index (χ1n) is 13.2. The normalized spacial score (nSPS) is 18.8. The Morgan fingerprint density at radius 2 is 2.10 bits per heavy atom. The molecule has 1 unspecified atom stereocenters. The van der Waals surface area contributed by atoms with Crippen LogP contribution in [0.15, 0.2) is 30.3 Å². The van der Waals surface area contributed by atoms with E-state index in [4.69, 9.17) is 14.5 Å². The van der Waals surface area contributed by atoms with E-state index >= 15 is 0 Å². The van der Waals surface area contributed by atoms with Crippen LogP contribution in [0.1, 0.15) is 47.3 Å². The lowest BCUT2D eigenvalue weighted by atomic mass is 9.93. The van der Waals surface area contributed by atoms with Gasteiger partial charge in [0.2, 0.25) is 5.91 Å². The van der Waals surface area contributed by atoms with E-state index < -0.39 is 17.8 Å². The van der Waals surface area contributed by atoms with E-state index in [-0.39, 0.29) is 23.9 Å². The molecular weight excluding hydrogens is 509 g/mol. The molecule has 1 N–H and O–H groups in total. The van der Waals surface area contributed by atoms with Gasteiger partial charge in [0.1, 0.15) is 23.2 Å². The van der Waals surface area contributed by atoms with Crippen molar-refractivity contribution in [3.63, 3.8) is 0 Å². The van der Waals surface area contributed by atoms with Gasteiger partial charge in [-0.15, -0.1) is 0 Å². The van der Waals surface area contributed by atoms with Crippen molar-refractivity contribution in [2.24, 2.45) is 5.92 Å². The molecule has 0 radical (unpaired) electrons. The molecule has 10 heteroatoms. The van der Waals surface area contributed by atoms with E-state index in [1.165, 1.54) is 12.1 Å². The highest BCUT2D eigenvalue weighted by Gasteiger charge is 2.31. The minimum atomic E-state index is -2.89. The average Bonchev–Trinajstić information content (AvgIpc) is 3.65. The van der Waals surface area contributed by atoms with Crippen molar-refractivity contribution < 1.29 is 27.4 Å². The van der Waals surface area contributed by atoms with E-state index in [9.17, 15) is 18.0 Å². The minimum absolute atomic E-state index is 0.00842. The number of nitrogens with zero attached hydrogens (tertiary/aromatic N) is 3. The molecule has 39 heavy (non-hydrogen) atoms. The highest BCUT2D eigenvalue weighted by Crippen LogP contribution is 2.42. The second kappa shape index (κ2) is 10.5. The standard InChI is InChI=1S/C29H29F3N4O3/c1-16-34-25-21-8-12-39-26(21)22(17-5-9-36(10-6-17)29(37)19-7-11-38-15-19)13-23(25)28(35-16)33-14-18-3-2-4-20(24(18)30)27(31)32/h2-5,13,19,27H,6-12,14-15H2,1H3,(H,33,34,35). The summed E-state index contributed by atoms with van der Waals surface area (Å²) in [7, 11) is 0. The van der Waals surface area contributed by atoms with Gasteiger partial charge in [0.15, 0.2) is 0 Å². The number of carbonyl (C=O) groups is 1. The van der Waals surface area contributed by atoms with Gasteiger partial charge in [-0.1, -0.05) is 24.3 Å². The van der Waals surface area contributed by atoms with Crippen molar-refractivity contribution >= 4 is 28.2 Å². The van der Waals surface area contributed by atoms with Crippen LogP contribution in [0.2, 0.25) is 0 Å². The lowest BCUT2D eigenvalue weighted by molar-refractivity contribution is -0.135. The molecular formula is C29H29F3N4O3. The molecule has 1 fully saturated rings. The number of nitrogens with one attached hydrogen (secondary N) is 1. The number of ether oxygens (including phenoxy) is 2.